The maximum atomic E-state index is 13.0. The highest BCUT2D eigenvalue weighted by molar-refractivity contribution is 5.89. The number of carbonyl (C=O) groups is 1. The lowest BCUT2D eigenvalue weighted by atomic mass is 10.3. The third-order valence-corrected chi connectivity index (χ3v) is 4.36. The van der Waals surface area contributed by atoms with Gasteiger partial charge < -0.3 is 15.1 Å². The van der Waals surface area contributed by atoms with Gasteiger partial charge in [-0.15, -0.1) is 0 Å². The van der Waals surface area contributed by atoms with Gasteiger partial charge in [-0.2, -0.15) is 5.10 Å². The molecule has 0 spiro atoms. The molecule has 0 aliphatic carbocycles. The molecule has 1 aliphatic rings. The number of urea groups is 1. The van der Waals surface area contributed by atoms with Crippen LogP contribution in [0.25, 0.3) is 5.82 Å². The molecule has 9 heteroatoms. The number of benzene rings is 1. The van der Waals surface area contributed by atoms with E-state index < -0.39 is 0 Å². The zero-order valence-electron chi connectivity index (χ0n) is 14.5. The number of nitrogens with zero attached hydrogens (tertiary/aromatic N) is 6. The van der Waals surface area contributed by atoms with Crippen LogP contribution in [-0.4, -0.2) is 56.9 Å². The maximum absolute atomic E-state index is 13.0. The highest BCUT2D eigenvalue weighted by Crippen LogP contribution is 2.16. The van der Waals surface area contributed by atoms with E-state index in [1.54, 1.807) is 27.9 Å². The summed E-state index contributed by atoms with van der Waals surface area (Å²) in [6, 6.07) is 9.24. The van der Waals surface area contributed by atoms with Crippen molar-refractivity contribution in [3.63, 3.8) is 0 Å². The van der Waals surface area contributed by atoms with Gasteiger partial charge >= 0.3 is 6.03 Å². The fourth-order valence-electron chi connectivity index (χ4n) is 2.91. The monoisotopic (exact) mass is 367 g/mol. The van der Waals surface area contributed by atoms with E-state index in [9.17, 15) is 9.18 Å². The first kappa shape index (κ1) is 17.0. The predicted molar refractivity (Wildman–Crippen MR) is 98.4 cm³/mol. The van der Waals surface area contributed by atoms with E-state index in [2.05, 4.69) is 25.3 Å². The van der Waals surface area contributed by atoms with Crippen molar-refractivity contribution in [1.29, 1.82) is 0 Å². The fraction of sp³-hybridized carbons (Fsp3) is 0.222. The third kappa shape index (κ3) is 3.86. The lowest BCUT2D eigenvalue weighted by Gasteiger charge is -2.35. The van der Waals surface area contributed by atoms with Crippen molar-refractivity contribution in [2.45, 2.75) is 0 Å². The van der Waals surface area contributed by atoms with Gasteiger partial charge in [-0.25, -0.2) is 23.8 Å². The summed E-state index contributed by atoms with van der Waals surface area (Å²) in [5, 5.41) is 6.96. The van der Waals surface area contributed by atoms with Gasteiger partial charge in [-0.05, 0) is 30.3 Å². The molecule has 2 aromatic heterocycles. The Kier molecular flexibility index (Phi) is 4.65. The van der Waals surface area contributed by atoms with E-state index in [4.69, 9.17) is 0 Å². The Morgan fingerprint density at radius 3 is 2.48 bits per heavy atom. The van der Waals surface area contributed by atoms with Crippen molar-refractivity contribution < 1.29 is 9.18 Å². The molecule has 1 saturated heterocycles. The lowest BCUT2D eigenvalue weighted by molar-refractivity contribution is 0.208. The van der Waals surface area contributed by atoms with Gasteiger partial charge in [0.15, 0.2) is 5.82 Å². The smallest absolute Gasteiger partial charge is 0.321 e. The summed E-state index contributed by atoms with van der Waals surface area (Å²) in [4.78, 5) is 24.8. The van der Waals surface area contributed by atoms with Gasteiger partial charge in [0.1, 0.15) is 18.0 Å². The summed E-state index contributed by atoms with van der Waals surface area (Å²) in [7, 11) is 0. The molecule has 27 heavy (non-hydrogen) atoms. The number of nitrogens with one attached hydrogen (secondary N) is 1. The maximum Gasteiger partial charge on any atom is 0.321 e. The molecule has 0 bridgehead atoms. The largest absolute Gasteiger partial charge is 0.353 e. The molecule has 3 aromatic rings. The standard InChI is InChI=1S/C18H18FN7O/c19-14-2-4-15(5-3-14)23-18(27)25-10-8-24(9-11-25)16-12-17(21-13-20-16)26-7-1-6-22-26/h1-7,12-13H,8-11H2,(H,23,27). The van der Waals surface area contributed by atoms with E-state index in [0.29, 0.717) is 37.7 Å². The molecule has 2 amide bonds. The lowest BCUT2D eigenvalue weighted by Crippen LogP contribution is -2.50. The first-order valence-corrected chi connectivity index (χ1v) is 8.57. The fourth-order valence-corrected chi connectivity index (χ4v) is 2.91. The van der Waals surface area contributed by atoms with E-state index in [0.717, 1.165) is 5.82 Å². The molecule has 3 heterocycles. The Labute approximate surface area is 155 Å². The van der Waals surface area contributed by atoms with Crippen molar-refractivity contribution in [2.24, 2.45) is 0 Å². The second-order valence-electron chi connectivity index (χ2n) is 6.10. The van der Waals surface area contributed by atoms with Crippen molar-refractivity contribution >= 4 is 17.5 Å². The minimum absolute atomic E-state index is 0.193. The van der Waals surface area contributed by atoms with Crippen LogP contribution in [0.3, 0.4) is 0 Å². The molecule has 0 atom stereocenters. The van der Waals surface area contributed by atoms with Crippen LogP contribution >= 0.6 is 0 Å². The number of hydrogen-bond donors (Lipinski definition) is 1. The number of rotatable bonds is 3. The molecule has 1 aliphatic heterocycles. The number of piperazine rings is 1. The molecule has 1 N–H and O–H groups in total. The van der Waals surface area contributed by atoms with Gasteiger partial charge in [0.2, 0.25) is 0 Å². The molecule has 4 rings (SSSR count). The Balaban J connectivity index is 1.37. The Morgan fingerprint density at radius 2 is 1.78 bits per heavy atom. The topological polar surface area (TPSA) is 79.2 Å². The number of aromatic nitrogens is 4. The molecule has 0 saturated carbocycles. The summed E-state index contributed by atoms with van der Waals surface area (Å²) in [6.45, 7) is 2.45. The van der Waals surface area contributed by atoms with Crippen LogP contribution < -0.4 is 10.2 Å². The quantitative estimate of drug-likeness (QED) is 0.767. The van der Waals surface area contributed by atoms with E-state index in [1.165, 1.54) is 18.5 Å². The number of hydrogen-bond acceptors (Lipinski definition) is 5. The zero-order chi connectivity index (χ0) is 18.6. The first-order chi connectivity index (χ1) is 13.2. The second-order valence-corrected chi connectivity index (χ2v) is 6.10. The van der Waals surface area contributed by atoms with E-state index in [1.807, 2.05) is 18.3 Å². The van der Waals surface area contributed by atoms with Gasteiger partial charge in [0.05, 0.1) is 0 Å². The van der Waals surface area contributed by atoms with Crippen molar-refractivity contribution in [3.05, 3.63) is 60.9 Å². The van der Waals surface area contributed by atoms with Crippen molar-refractivity contribution in [1.82, 2.24) is 24.6 Å². The molecule has 0 unspecified atom stereocenters. The number of anilines is 2. The predicted octanol–water partition coefficient (Wildman–Crippen LogP) is 2.16. The minimum Gasteiger partial charge on any atom is -0.353 e. The Morgan fingerprint density at radius 1 is 1.04 bits per heavy atom. The zero-order valence-corrected chi connectivity index (χ0v) is 14.5. The summed E-state index contributed by atoms with van der Waals surface area (Å²) in [5.41, 5.74) is 0.573. The van der Waals surface area contributed by atoms with Crippen molar-refractivity contribution in [2.75, 3.05) is 36.4 Å². The molecule has 1 fully saturated rings. The van der Waals surface area contributed by atoms with Gasteiger partial charge in [-0.3, -0.25) is 0 Å². The van der Waals surface area contributed by atoms with Crippen LogP contribution in [0.15, 0.2) is 55.1 Å². The molecular weight excluding hydrogens is 349 g/mol. The average molecular weight is 367 g/mol. The highest BCUT2D eigenvalue weighted by Gasteiger charge is 2.22. The summed E-state index contributed by atoms with van der Waals surface area (Å²) in [5.74, 6) is 1.16. The molecule has 8 nitrogen and oxygen atoms in total. The molecule has 1 aromatic carbocycles. The van der Waals surface area contributed by atoms with Crippen LogP contribution in [-0.2, 0) is 0 Å². The van der Waals surface area contributed by atoms with E-state index in [-0.39, 0.29) is 11.8 Å². The minimum atomic E-state index is -0.332. The number of carbonyl (C=O) groups excluding carboxylic acids is 1. The number of halogens is 1. The SMILES string of the molecule is O=C(Nc1ccc(F)cc1)N1CCN(c2cc(-n3cccn3)ncn2)CC1. The summed E-state index contributed by atoms with van der Waals surface area (Å²) >= 11 is 0. The first-order valence-electron chi connectivity index (χ1n) is 8.57. The van der Waals surface area contributed by atoms with Crippen LogP contribution in [0, 0.1) is 5.82 Å². The number of amides is 2. The van der Waals surface area contributed by atoms with Crippen molar-refractivity contribution in [3.8, 4) is 5.82 Å². The Hall–Kier alpha value is -3.49. The second kappa shape index (κ2) is 7.40. The summed E-state index contributed by atoms with van der Waals surface area (Å²) < 4.78 is 14.6. The van der Waals surface area contributed by atoms with Crippen LogP contribution in [0.5, 0.6) is 0 Å². The molecule has 138 valence electrons. The van der Waals surface area contributed by atoms with Gasteiger partial charge in [-0.1, -0.05) is 0 Å². The Bertz CT molecular complexity index is 906. The highest BCUT2D eigenvalue weighted by atomic mass is 19.1. The van der Waals surface area contributed by atoms with Gasteiger partial charge in [0.25, 0.3) is 0 Å². The van der Waals surface area contributed by atoms with Crippen LogP contribution in [0.2, 0.25) is 0 Å². The molecule has 0 radical (unpaired) electrons. The normalized spacial score (nSPS) is 14.3. The summed E-state index contributed by atoms with van der Waals surface area (Å²) in [6.07, 6.45) is 5.03. The average Bonchev–Trinajstić information content (AvgIpc) is 3.25. The molecular formula is C18H18FN7O. The van der Waals surface area contributed by atoms with Crippen LogP contribution in [0.4, 0.5) is 20.7 Å². The van der Waals surface area contributed by atoms with Gasteiger partial charge in [0, 0.05) is 50.3 Å². The van der Waals surface area contributed by atoms with Crippen LogP contribution in [0.1, 0.15) is 0 Å². The van der Waals surface area contributed by atoms with E-state index >= 15 is 0 Å². The third-order valence-electron chi connectivity index (χ3n) is 4.36.